The van der Waals surface area contributed by atoms with Crippen LogP contribution in [0.15, 0.2) is 65.7 Å². The predicted molar refractivity (Wildman–Crippen MR) is 131 cm³/mol. The van der Waals surface area contributed by atoms with E-state index < -0.39 is 0 Å². The Morgan fingerprint density at radius 3 is 2.50 bits per heavy atom. The highest BCUT2D eigenvalue weighted by Gasteiger charge is 2.17. The molecule has 0 saturated heterocycles. The fourth-order valence-electron chi connectivity index (χ4n) is 3.88. The molecule has 30 heavy (non-hydrogen) atoms. The van der Waals surface area contributed by atoms with Crippen molar-refractivity contribution in [3.8, 4) is 0 Å². The molecule has 1 aromatic heterocycles. The average Bonchev–Trinajstić information content (AvgIpc) is 3.39. The maximum atomic E-state index is 4.39. The molecule has 0 amide bonds. The SMILES string of the molecule is CN=C(NCc1nnc2n1CCC2)NCC(Cc1ccccc1)c1ccccc1.I. The second-order valence-electron chi connectivity index (χ2n) is 7.39. The van der Waals surface area contributed by atoms with Gasteiger partial charge >= 0.3 is 0 Å². The first-order chi connectivity index (χ1) is 14.3. The summed E-state index contributed by atoms with van der Waals surface area (Å²) < 4.78 is 2.21. The van der Waals surface area contributed by atoms with Gasteiger partial charge in [-0.2, -0.15) is 0 Å². The summed E-state index contributed by atoms with van der Waals surface area (Å²) in [7, 11) is 1.80. The van der Waals surface area contributed by atoms with Gasteiger partial charge in [0.05, 0.1) is 6.54 Å². The van der Waals surface area contributed by atoms with Crippen molar-refractivity contribution in [3.05, 3.63) is 83.4 Å². The lowest BCUT2D eigenvalue weighted by Gasteiger charge is -2.20. The normalized spacial score (nSPS) is 14.0. The zero-order chi connectivity index (χ0) is 19.9. The number of nitrogens with zero attached hydrogens (tertiary/aromatic N) is 4. The molecule has 2 N–H and O–H groups in total. The number of guanidine groups is 1. The molecule has 0 spiro atoms. The summed E-state index contributed by atoms with van der Waals surface area (Å²) in [6, 6.07) is 21.3. The van der Waals surface area contributed by atoms with Crippen molar-refractivity contribution < 1.29 is 0 Å². The standard InChI is InChI=1S/C23H28N6.HI/c1-24-23(26-17-22-28-27-21-13-8-14-29(21)22)25-16-20(19-11-6-3-7-12-19)15-18-9-4-2-5-10-18;/h2-7,9-12,20H,8,13-17H2,1H3,(H2,24,25,26);1H. The number of nitrogens with one attached hydrogen (secondary N) is 2. The maximum absolute atomic E-state index is 4.39. The van der Waals surface area contributed by atoms with E-state index in [0.717, 1.165) is 50.0 Å². The molecular weight excluding hydrogens is 487 g/mol. The van der Waals surface area contributed by atoms with Crippen LogP contribution >= 0.6 is 24.0 Å². The van der Waals surface area contributed by atoms with E-state index in [9.17, 15) is 0 Å². The van der Waals surface area contributed by atoms with Gasteiger partial charge < -0.3 is 15.2 Å². The Labute approximate surface area is 195 Å². The van der Waals surface area contributed by atoms with Crippen molar-refractivity contribution in [3.63, 3.8) is 0 Å². The molecule has 0 aliphatic carbocycles. The second kappa shape index (κ2) is 11.1. The molecule has 7 heteroatoms. The highest BCUT2D eigenvalue weighted by atomic mass is 127. The van der Waals surface area contributed by atoms with Gasteiger partial charge in [-0.05, 0) is 24.0 Å². The van der Waals surface area contributed by atoms with Crippen LogP contribution in [-0.2, 0) is 25.9 Å². The van der Waals surface area contributed by atoms with Gasteiger partial charge in [0.2, 0.25) is 0 Å². The molecule has 2 aromatic carbocycles. The molecule has 6 nitrogen and oxygen atoms in total. The van der Waals surface area contributed by atoms with Crippen LogP contribution in [0.3, 0.4) is 0 Å². The quantitative estimate of drug-likeness (QED) is 0.287. The lowest BCUT2D eigenvalue weighted by atomic mass is 9.92. The van der Waals surface area contributed by atoms with Crippen molar-refractivity contribution in [2.45, 2.75) is 38.3 Å². The zero-order valence-electron chi connectivity index (χ0n) is 17.3. The number of halogens is 1. The first-order valence-corrected chi connectivity index (χ1v) is 10.3. The third kappa shape index (κ3) is 5.59. The van der Waals surface area contributed by atoms with Gasteiger partial charge in [0, 0.05) is 32.5 Å². The number of rotatable bonds is 7. The Morgan fingerprint density at radius 1 is 1.03 bits per heavy atom. The van der Waals surface area contributed by atoms with Crippen LogP contribution < -0.4 is 10.6 Å². The molecule has 1 aliphatic rings. The van der Waals surface area contributed by atoms with Crippen LogP contribution in [0.1, 0.15) is 35.1 Å². The second-order valence-corrected chi connectivity index (χ2v) is 7.39. The van der Waals surface area contributed by atoms with E-state index >= 15 is 0 Å². The predicted octanol–water partition coefficient (Wildman–Crippen LogP) is 3.53. The van der Waals surface area contributed by atoms with E-state index in [-0.39, 0.29) is 24.0 Å². The summed E-state index contributed by atoms with van der Waals surface area (Å²) in [5.41, 5.74) is 2.67. The van der Waals surface area contributed by atoms with Crippen LogP contribution in [0.25, 0.3) is 0 Å². The Kier molecular flexibility index (Phi) is 8.24. The number of fused-ring (bicyclic) bond motifs is 1. The first kappa shape index (κ1) is 22.3. The number of aromatic nitrogens is 3. The van der Waals surface area contributed by atoms with E-state index in [1.807, 2.05) is 0 Å². The largest absolute Gasteiger partial charge is 0.356 e. The topological polar surface area (TPSA) is 67.1 Å². The zero-order valence-corrected chi connectivity index (χ0v) is 19.6. The molecule has 1 aliphatic heterocycles. The number of aliphatic imine (C=N–C) groups is 1. The fraction of sp³-hybridized carbons (Fsp3) is 0.348. The van der Waals surface area contributed by atoms with E-state index in [1.165, 1.54) is 11.1 Å². The van der Waals surface area contributed by atoms with Crippen LogP contribution in [0.5, 0.6) is 0 Å². The van der Waals surface area contributed by atoms with Crippen LogP contribution in [0.2, 0.25) is 0 Å². The lowest BCUT2D eigenvalue weighted by Crippen LogP contribution is -2.39. The molecule has 3 aromatic rings. The maximum Gasteiger partial charge on any atom is 0.191 e. The third-order valence-electron chi connectivity index (χ3n) is 5.44. The Morgan fingerprint density at radius 2 is 1.77 bits per heavy atom. The smallest absolute Gasteiger partial charge is 0.191 e. The lowest BCUT2D eigenvalue weighted by molar-refractivity contribution is 0.632. The Bertz CT molecular complexity index is 939. The van der Waals surface area contributed by atoms with Gasteiger partial charge in [-0.25, -0.2) is 0 Å². The third-order valence-corrected chi connectivity index (χ3v) is 5.44. The van der Waals surface area contributed by atoms with Gasteiger partial charge in [0.15, 0.2) is 11.8 Å². The molecule has 0 bridgehead atoms. The minimum Gasteiger partial charge on any atom is -0.356 e. The molecule has 0 fully saturated rings. The molecule has 158 valence electrons. The van der Waals surface area contributed by atoms with Gasteiger partial charge in [0.25, 0.3) is 0 Å². The summed E-state index contributed by atoms with van der Waals surface area (Å²) >= 11 is 0. The van der Waals surface area contributed by atoms with E-state index in [1.54, 1.807) is 7.05 Å². The number of hydrogen-bond donors (Lipinski definition) is 2. The van der Waals surface area contributed by atoms with Gasteiger partial charge in [-0.15, -0.1) is 34.2 Å². The molecule has 1 atom stereocenters. The summed E-state index contributed by atoms with van der Waals surface area (Å²) in [5.74, 6) is 3.21. The molecule has 2 heterocycles. The van der Waals surface area contributed by atoms with E-state index in [0.29, 0.717) is 12.5 Å². The van der Waals surface area contributed by atoms with Crippen molar-refractivity contribution >= 4 is 29.9 Å². The fourth-order valence-corrected chi connectivity index (χ4v) is 3.88. The monoisotopic (exact) mass is 516 g/mol. The minimum atomic E-state index is 0. The number of benzene rings is 2. The van der Waals surface area contributed by atoms with E-state index in [4.69, 9.17) is 0 Å². The summed E-state index contributed by atoms with van der Waals surface area (Å²) in [5, 5.41) is 15.5. The van der Waals surface area contributed by atoms with Crippen molar-refractivity contribution in [2.75, 3.05) is 13.6 Å². The van der Waals surface area contributed by atoms with Crippen LogP contribution in [-0.4, -0.2) is 34.3 Å². The van der Waals surface area contributed by atoms with Crippen LogP contribution in [0.4, 0.5) is 0 Å². The van der Waals surface area contributed by atoms with Gasteiger partial charge in [0.1, 0.15) is 5.82 Å². The minimum absolute atomic E-state index is 0. The molecule has 0 radical (unpaired) electrons. The van der Waals surface area contributed by atoms with Gasteiger partial charge in [-0.1, -0.05) is 60.7 Å². The molecule has 1 unspecified atom stereocenters. The summed E-state index contributed by atoms with van der Waals surface area (Å²) in [6.45, 7) is 2.44. The summed E-state index contributed by atoms with van der Waals surface area (Å²) in [4.78, 5) is 4.39. The van der Waals surface area contributed by atoms with Crippen molar-refractivity contribution in [1.29, 1.82) is 0 Å². The van der Waals surface area contributed by atoms with E-state index in [2.05, 4.69) is 91.1 Å². The Hall–Kier alpha value is -2.42. The Balaban J connectivity index is 0.00000256. The highest BCUT2D eigenvalue weighted by molar-refractivity contribution is 14.0. The molecular formula is C23H29IN6. The average molecular weight is 516 g/mol. The molecule has 0 saturated carbocycles. The summed E-state index contributed by atoms with van der Waals surface area (Å²) in [6.07, 6.45) is 3.16. The first-order valence-electron chi connectivity index (χ1n) is 10.3. The molecule has 4 rings (SSSR count). The highest BCUT2D eigenvalue weighted by Crippen LogP contribution is 2.20. The van der Waals surface area contributed by atoms with Crippen molar-refractivity contribution in [1.82, 2.24) is 25.4 Å². The van der Waals surface area contributed by atoms with Crippen LogP contribution in [0, 0.1) is 0 Å². The number of hydrogen-bond acceptors (Lipinski definition) is 3. The van der Waals surface area contributed by atoms with Crippen molar-refractivity contribution in [2.24, 2.45) is 4.99 Å². The van der Waals surface area contributed by atoms with Gasteiger partial charge in [-0.3, -0.25) is 4.99 Å². The number of aryl methyl sites for hydroxylation is 1.